The number of alkyl halides is 2. The second-order valence-corrected chi connectivity index (χ2v) is 7.26. The van der Waals surface area contributed by atoms with Gasteiger partial charge < -0.3 is 5.11 Å². The summed E-state index contributed by atoms with van der Waals surface area (Å²) in [6.07, 6.45) is 10.1. The van der Waals surface area contributed by atoms with Gasteiger partial charge in [0.2, 0.25) is 0 Å². The van der Waals surface area contributed by atoms with Crippen molar-refractivity contribution in [3.8, 4) is 11.8 Å². The quantitative estimate of drug-likeness (QED) is 0.328. The number of rotatable bonds is 9. The molecule has 1 rings (SSSR count). The third kappa shape index (κ3) is 9.06. The third-order valence-electron chi connectivity index (χ3n) is 3.64. The Kier molecular flexibility index (Phi) is 10.1. The van der Waals surface area contributed by atoms with Crippen LogP contribution in [0.25, 0.3) is 6.08 Å². The van der Waals surface area contributed by atoms with Gasteiger partial charge in [-0.3, -0.25) is 0 Å². The van der Waals surface area contributed by atoms with Crippen LogP contribution in [-0.4, -0.2) is 15.5 Å². The van der Waals surface area contributed by atoms with Gasteiger partial charge in [-0.2, -0.15) is 0 Å². The van der Waals surface area contributed by atoms with Crippen molar-refractivity contribution in [2.45, 2.75) is 62.3 Å². The predicted octanol–water partition coefficient (Wildman–Crippen LogP) is 5.99. The van der Waals surface area contributed by atoms with Crippen LogP contribution in [0, 0.1) is 11.8 Å². The first kappa shape index (κ1) is 20.1. The van der Waals surface area contributed by atoms with Crippen LogP contribution < -0.4 is 0 Å². The van der Waals surface area contributed by atoms with Crippen LogP contribution in [-0.2, 0) is 0 Å². The van der Waals surface area contributed by atoms with E-state index in [2.05, 4.69) is 18.8 Å². The van der Waals surface area contributed by atoms with Gasteiger partial charge >= 0.3 is 0 Å². The van der Waals surface area contributed by atoms with Crippen LogP contribution in [0.15, 0.2) is 36.4 Å². The molecule has 0 heterocycles. The normalized spacial score (nSPS) is 12.9. The maximum atomic E-state index is 10.0. The molecule has 23 heavy (non-hydrogen) atoms. The lowest BCUT2D eigenvalue weighted by Crippen LogP contribution is -2.29. The molecule has 126 valence electrons. The van der Waals surface area contributed by atoms with E-state index in [0.717, 1.165) is 18.4 Å². The van der Waals surface area contributed by atoms with Crippen molar-refractivity contribution in [3.05, 3.63) is 42.0 Å². The van der Waals surface area contributed by atoms with Gasteiger partial charge in [-0.1, -0.05) is 111 Å². The van der Waals surface area contributed by atoms with Crippen molar-refractivity contribution < 1.29 is 5.11 Å². The first-order chi connectivity index (χ1) is 11.1. The fourth-order valence-corrected chi connectivity index (χ4v) is 2.59. The molecular formula is C20H26Cl2O. The fourth-order valence-electron chi connectivity index (χ4n) is 2.21. The summed E-state index contributed by atoms with van der Waals surface area (Å²) in [4.78, 5) is 0. The summed E-state index contributed by atoms with van der Waals surface area (Å²) in [6.45, 7) is 2.20. The smallest absolute Gasteiger partial charge is 0.155 e. The lowest BCUT2D eigenvalue weighted by molar-refractivity contribution is 0.206. The van der Waals surface area contributed by atoms with E-state index in [-0.39, 0.29) is 0 Å². The van der Waals surface area contributed by atoms with Crippen molar-refractivity contribution in [3.63, 3.8) is 0 Å². The van der Waals surface area contributed by atoms with Gasteiger partial charge in [0.05, 0.1) is 0 Å². The third-order valence-corrected chi connectivity index (χ3v) is 4.43. The molecule has 1 aromatic rings. The lowest BCUT2D eigenvalue weighted by atomic mass is 10.1. The summed E-state index contributed by atoms with van der Waals surface area (Å²) in [6, 6.07) is 9.86. The molecule has 0 amide bonds. The molecule has 0 aliphatic heterocycles. The highest BCUT2D eigenvalue weighted by Crippen LogP contribution is 2.31. The van der Waals surface area contributed by atoms with E-state index >= 15 is 0 Å². The van der Waals surface area contributed by atoms with Gasteiger partial charge in [-0.05, 0) is 24.1 Å². The Balaban J connectivity index is 2.35. The van der Waals surface area contributed by atoms with E-state index in [1.54, 1.807) is 6.08 Å². The molecule has 1 atom stereocenters. The second kappa shape index (κ2) is 11.6. The Hall–Kier alpha value is -0.940. The van der Waals surface area contributed by atoms with E-state index in [4.69, 9.17) is 23.2 Å². The molecule has 1 unspecified atom stereocenters. The zero-order valence-corrected chi connectivity index (χ0v) is 15.3. The minimum absolute atomic E-state index is 0.556. The molecule has 0 spiro atoms. The molecule has 1 N–H and O–H groups in total. The lowest BCUT2D eigenvalue weighted by Gasteiger charge is -2.21. The molecule has 3 heteroatoms. The fraction of sp³-hybridized carbons (Fsp3) is 0.500. The maximum absolute atomic E-state index is 10.0. The number of unbranched alkanes of at least 4 members (excludes halogenated alkanes) is 5. The summed E-state index contributed by atoms with van der Waals surface area (Å²) in [7, 11) is 0. The maximum Gasteiger partial charge on any atom is 0.155 e. The molecule has 0 radical (unpaired) electrons. The standard InChI is InChI=1S/C20H26Cl2O/c1-2-3-4-5-6-12-17-20(21,22)19(23)16-11-10-15-18-13-8-7-9-14-18/h7-10,13-15,19,23H,2-6,12,17H2,1H3. The van der Waals surface area contributed by atoms with E-state index < -0.39 is 10.4 Å². The summed E-state index contributed by atoms with van der Waals surface area (Å²) >= 11 is 12.4. The molecule has 0 aliphatic rings. The minimum Gasteiger partial charge on any atom is -0.377 e. The molecule has 0 saturated heterocycles. The summed E-state index contributed by atoms with van der Waals surface area (Å²) in [5, 5.41) is 10.0. The number of aliphatic hydroxyl groups is 1. The highest BCUT2D eigenvalue weighted by atomic mass is 35.5. The van der Waals surface area contributed by atoms with Crippen LogP contribution >= 0.6 is 23.2 Å². The van der Waals surface area contributed by atoms with Gasteiger partial charge in [0.1, 0.15) is 6.10 Å². The largest absolute Gasteiger partial charge is 0.377 e. The van der Waals surface area contributed by atoms with Crippen molar-refractivity contribution in [2.24, 2.45) is 0 Å². The zero-order chi connectivity index (χ0) is 17.0. The van der Waals surface area contributed by atoms with Gasteiger partial charge in [0, 0.05) is 0 Å². The number of allylic oxidation sites excluding steroid dienone is 1. The second-order valence-electron chi connectivity index (χ2n) is 5.71. The average Bonchev–Trinajstić information content (AvgIpc) is 2.55. The Morgan fingerprint density at radius 3 is 2.43 bits per heavy atom. The molecular weight excluding hydrogens is 327 g/mol. The first-order valence-electron chi connectivity index (χ1n) is 8.35. The average molecular weight is 353 g/mol. The van der Waals surface area contributed by atoms with Crippen LogP contribution in [0.5, 0.6) is 0 Å². The van der Waals surface area contributed by atoms with Crippen molar-refractivity contribution in [1.82, 2.24) is 0 Å². The van der Waals surface area contributed by atoms with Gasteiger partial charge in [0.15, 0.2) is 4.33 Å². The van der Waals surface area contributed by atoms with Crippen LogP contribution in [0.4, 0.5) is 0 Å². The molecule has 0 fully saturated rings. The summed E-state index contributed by atoms with van der Waals surface area (Å²) < 4.78 is -1.20. The number of benzene rings is 1. The number of aliphatic hydroxyl groups excluding tert-OH is 1. The Morgan fingerprint density at radius 2 is 1.74 bits per heavy atom. The number of hydrogen-bond acceptors (Lipinski definition) is 1. The molecule has 1 nitrogen and oxygen atoms in total. The predicted molar refractivity (Wildman–Crippen MR) is 102 cm³/mol. The number of hydrogen-bond donors (Lipinski definition) is 1. The van der Waals surface area contributed by atoms with E-state index in [1.165, 1.54) is 25.7 Å². The molecule has 0 saturated carbocycles. The van der Waals surface area contributed by atoms with Gasteiger partial charge in [0.25, 0.3) is 0 Å². The van der Waals surface area contributed by atoms with Crippen molar-refractivity contribution >= 4 is 29.3 Å². The Labute approximate surface area is 150 Å². The highest BCUT2D eigenvalue weighted by molar-refractivity contribution is 6.49. The Bertz CT molecular complexity index is 511. The van der Waals surface area contributed by atoms with Gasteiger partial charge in [-0.25, -0.2) is 0 Å². The summed E-state index contributed by atoms with van der Waals surface area (Å²) in [5.74, 6) is 5.52. The number of halogens is 2. The summed E-state index contributed by atoms with van der Waals surface area (Å²) in [5.41, 5.74) is 1.06. The van der Waals surface area contributed by atoms with Crippen molar-refractivity contribution in [2.75, 3.05) is 0 Å². The van der Waals surface area contributed by atoms with Crippen molar-refractivity contribution in [1.29, 1.82) is 0 Å². The topological polar surface area (TPSA) is 20.2 Å². The monoisotopic (exact) mass is 352 g/mol. The van der Waals surface area contributed by atoms with E-state index in [1.807, 2.05) is 36.4 Å². The SMILES string of the molecule is CCCCCCCCC(Cl)(Cl)C(O)C#CC=Cc1ccccc1. The molecule has 0 aromatic heterocycles. The highest BCUT2D eigenvalue weighted by Gasteiger charge is 2.31. The minimum atomic E-state index is -1.20. The molecule has 0 bridgehead atoms. The Morgan fingerprint density at radius 1 is 1.09 bits per heavy atom. The molecule has 1 aromatic carbocycles. The van der Waals surface area contributed by atoms with Crippen LogP contribution in [0.3, 0.4) is 0 Å². The van der Waals surface area contributed by atoms with E-state index in [9.17, 15) is 5.11 Å². The first-order valence-corrected chi connectivity index (χ1v) is 9.10. The van der Waals surface area contributed by atoms with Gasteiger partial charge in [-0.15, -0.1) is 0 Å². The van der Waals surface area contributed by atoms with Crippen LogP contribution in [0.2, 0.25) is 0 Å². The zero-order valence-electron chi connectivity index (χ0n) is 13.8. The van der Waals surface area contributed by atoms with E-state index in [0.29, 0.717) is 6.42 Å². The molecule has 0 aliphatic carbocycles. The van der Waals surface area contributed by atoms with Crippen LogP contribution in [0.1, 0.15) is 57.4 Å².